The van der Waals surface area contributed by atoms with Crippen molar-refractivity contribution in [3.05, 3.63) is 24.0 Å². The van der Waals surface area contributed by atoms with E-state index in [9.17, 15) is 12.8 Å². The van der Waals surface area contributed by atoms with Crippen LogP contribution >= 0.6 is 0 Å². The van der Waals surface area contributed by atoms with Crippen molar-refractivity contribution in [2.45, 2.75) is 44.4 Å². The van der Waals surface area contributed by atoms with Gasteiger partial charge < -0.3 is 5.73 Å². The summed E-state index contributed by atoms with van der Waals surface area (Å²) in [7, 11) is -3.76. The van der Waals surface area contributed by atoms with Gasteiger partial charge >= 0.3 is 0 Å². The van der Waals surface area contributed by atoms with E-state index < -0.39 is 15.8 Å². The van der Waals surface area contributed by atoms with Gasteiger partial charge in [0.15, 0.2) is 0 Å². The molecule has 20 heavy (non-hydrogen) atoms. The van der Waals surface area contributed by atoms with Gasteiger partial charge in [-0.3, -0.25) is 0 Å². The molecule has 0 saturated heterocycles. The molecule has 0 saturated carbocycles. The minimum absolute atomic E-state index is 0.0560. The Bertz CT molecular complexity index is 532. The Kier molecular flexibility index (Phi) is 6.42. The number of unbranched alkanes of at least 4 members (excludes halogenated alkanes) is 1. The van der Waals surface area contributed by atoms with Gasteiger partial charge in [0.1, 0.15) is 10.7 Å². The second-order valence-corrected chi connectivity index (χ2v) is 6.69. The molecule has 0 aromatic heterocycles. The fourth-order valence-electron chi connectivity index (χ4n) is 1.99. The molecule has 4 nitrogen and oxygen atoms in total. The molecule has 114 valence electrons. The van der Waals surface area contributed by atoms with Gasteiger partial charge in [0.05, 0.1) is 5.69 Å². The molecule has 0 aliphatic rings. The largest absolute Gasteiger partial charge is 0.398 e. The molecule has 0 aliphatic carbocycles. The predicted octanol–water partition coefficient (Wildman–Crippen LogP) is 2.90. The maximum Gasteiger partial charge on any atom is 0.242 e. The molecule has 0 aliphatic heterocycles. The lowest BCUT2D eigenvalue weighted by Crippen LogP contribution is -2.30. The number of sulfonamides is 1. The minimum Gasteiger partial charge on any atom is -0.398 e. The number of nitrogens with two attached hydrogens (primary N) is 1. The first kappa shape index (κ1) is 16.9. The third-order valence-corrected chi connectivity index (χ3v) is 4.85. The summed E-state index contributed by atoms with van der Waals surface area (Å²) in [6, 6.07) is 3.35. The maximum absolute atomic E-state index is 13.2. The predicted molar refractivity (Wildman–Crippen MR) is 79.3 cm³/mol. The van der Waals surface area contributed by atoms with Crippen LogP contribution in [0.4, 0.5) is 10.1 Å². The monoisotopic (exact) mass is 302 g/mol. The van der Waals surface area contributed by atoms with Crippen LogP contribution in [0.15, 0.2) is 23.1 Å². The molecule has 0 spiro atoms. The molecule has 0 radical (unpaired) electrons. The van der Waals surface area contributed by atoms with Crippen molar-refractivity contribution < 1.29 is 12.8 Å². The first-order valence-corrected chi connectivity index (χ1v) is 8.43. The lowest BCUT2D eigenvalue weighted by atomic mass is 10.00. The van der Waals surface area contributed by atoms with Crippen molar-refractivity contribution in [1.82, 2.24) is 4.72 Å². The summed E-state index contributed by atoms with van der Waals surface area (Å²) in [6.45, 7) is 4.49. The Hall–Kier alpha value is -1.14. The zero-order valence-corrected chi connectivity index (χ0v) is 12.8. The van der Waals surface area contributed by atoms with Crippen molar-refractivity contribution in [2.24, 2.45) is 5.92 Å². The Morgan fingerprint density at radius 3 is 2.65 bits per heavy atom. The van der Waals surface area contributed by atoms with Crippen LogP contribution in [0.5, 0.6) is 0 Å². The Morgan fingerprint density at radius 2 is 2.05 bits per heavy atom. The van der Waals surface area contributed by atoms with E-state index in [0.717, 1.165) is 37.8 Å². The van der Waals surface area contributed by atoms with Gasteiger partial charge in [-0.2, -0.15) is 0 Å². The third-order valence-electron chi connectivity index (χ3n) is 3.37. The topological polar surface area (TPSA) is 72.2 Å². The average molecular weight is 302 g/mol. The highest BCUT2D eigenvalue weighted by Gasteiger charge is 2.19. The summed E-state index contributed by atoms with van der Waals surface area (Å²) in [5.74, 6) is -0.322. The highest BCUT2D eigenvalue weighted by molar-refractivity contribution is 7.89. The second kappa shape index (κ2) is 7.59. The van der Waals surface area contributed by atoms with Crippen LogP contribution in [0.2, 0.25) is 0 Å². The number of hydrogen-bond donors (Lipinski definition) is 2. The number of nitrogen functional groups attached to an aromatic ring is 1. The Labute approximate surface area is 120 Å². The molecule has 0 bridgehead atoms. The fraction of sp³-hybridized carbons (Fsp3) is 0.571. The molecule has 1 aromatic rings. The minimum atomic E-state index is -3.76. The van der Waals surface area contributed by atoms with Crippen molar-refractivity contribution in [3.63, 3.8) is 0 Å². The Balaban J connectivity index is 2.76. The van der Waals surface area contributed by atoms with Gasteiger partial charge in [-0.25, -0.2) is 17.5 Å². The number of hydrogen-bond acceptors (Lipinski definition) is 3. The molecule has 1 atom stereocenters. The van der Waals surface area contributed by atoms with Crippen LogP contribution in [0, 0.1) is 11.7 Å². The summed E-state index contributed by atoms with van der Waals surface area (Å²) in [4.78, 5) is -0.192. The standard InChI is InChI=1S/C14H23FN2O2S/c1-3-5-6-11(4-2)10-17-20(18,19)14-9-12(15)7-8-13(14)16/h7-9,11,17H,3-6,10,16H2,1-2H3. The summed E-state index contributed by atoms with van der Waals surface area (Å²) in [5.41, 5.74) is 5.66. The first-order chi connectivity index (χ1) is 9.40. The van der Waals surface area contributed by atoms with Crippen LogP contribution in [0.3, 0.4) is 0 Å². The van der Waals surface area contributed by atoms with Crippen LogP contribution in [0.1, 0.15) is 39.5 Å². The van der Waals surface area contributed by atoms with Gasteiger partial charge in [-0.05, 0) is 30.5 Å². The zero-order chi connectivity index (χ0) is 15.2. The van der Waals surface area contributed by atoms with Crippen LogP contribution in [-0.4, -0.2) is 15.0 Å². The first-order valence-electron chi connectivity index (χ1n) is 6.95. The van der Waals surface area contributed by atoms with E-state index in [4.69, 9.17) is 5.73 Å². The highest BCUT2D eigenvalue weighted by atomic mass is 32.2. The number of halogens is 1. The molecular formula is C14H23FN2O2S. The van der Waals surface area contributed by atoms with Gasteiger partial charge in [0, 0.05) is 6.54 Å². The highest BCUT2D eigenvalue weighted by Crippen LogP contribution is 2.20. The smallest absolute Gasteiger partial charge is 0.242 e. The van der Waals surface area contributed by atoms with Crippen molar-refractivity contribution >= 4 is 15.7 Å². The number of anilines is 1. The summed E-state index contributed by atoms with van der Waals surface area (Å²) >= 11 is 0. The van der Waals surface area contributed by atoms with Crippen LogP contribution in [0.25, 0.3) is 0 Å². The zero-order valence-electron chi connectivity index (χ0n) is 12.0. The maximum atomic E-state index is 13.2. The van der Waals surface area contributed by atoms with E-state index in [1.54, 1.807) is 0 Å². The van der Waals surface area contributed by atoms with Gasteiger partial charge in [-0.1, -0.05) is 33.1 Å². The number of nitrogens with one attached hydrogen (secondary N) is 1. The SMILES string of the molecule is CCCCC(CC)CNS(=O)(=O)c1cc(F)ccc1N. The molecule has 6 heteroatoms. The van der Waals surface area contributed by atoms with Gasteiger partial charge in [0.2, 0.25) is 10.0 Å². The Morgan fingerprint density at radius 1 is 1.35 bits per heavy atom. The molecule has 3 N–H and O–H groups in total. The third kappa shape index (κ3) is 4.76. The molecule has 0 fully saturated rings. The summed E-state index contributed by atoms with van der Waals surface area (Å²) < 4.78 is 40.0. The van der Waals surface area contributed by atoms with Gasteiger partial charge in [0.25, 0.3) is 0 Å². The summed E-state index contributed by atoms with van der Waals surface area (Å²) in [5, 5.41) is 0. The quantitative estimate of drug-likeness (QED) is 0.725. The molecule has 0 amide bonds. The molecule has 0 heterocycles. The average Bonchev–Trinajstić information content (AvgIpc) is 2.41. The second-order valence-electron chi connectivity index (χ2n) is 4.95. The molecular weight excluding hydrogens is 279 g/mol. The molecule has 1 aromatic carbocycles. The number of rotatable bonds is 8. The van der Waals surface area contributed by atoms with E-state index in [1.807, 2.05) is 6.92 Å². The van der Waals surface area contributed by atoms with E-state index in [-0.39, 0.29) is 10.6 Å². The lowest BCUT2D eigenvalue weighted by molar-refractivity contribution is 0.443. The van der Waals surface area contributed by atoms with E-state index in [2.05, 4.69) is 11.6 Å². The number of benzene rings is 1. The van der Waals surface area contributed by atoms with Crippen molar-refractivity contribution in [3.8, 4) is 0 Å². The van der Waals surface area contributed by atoms with Crippen LogP contribution in [-0.2, 0) is 10.0 Å². The lowest BCUT2D eigenvalue weighted by Gasteiger charge is -2.16. The summed E-state index contributed by atoms with van der Waals surface area (Å²) in [6.07, 6.45) is 4.04. The van der Waals surface area contributed by atoms with E-state index in [0.29, 0.717) is 12.5 Å². The van der Waals surface area contributed by atoms with E-state index in [1.165, 1.54) is 6.07 Å². The normalized spacial score (nSPS) is 13.3. The molecule has 1 rings (SSSR count). The van der Waals surface area contributed by atoms with Crippen molar-refractivity contribution in [1.29, 1.82) is 0 Å². The van der Waals surface area contributed by atoms with Gasteiger partial charge in [-0.15, -0.1) is 0 Å². The van der Waals surface area contributed by atoms with Crippen molar-refractivity contribution in [2.75, 3.05) is 12.3 Å². The molecule has 1 unspecified atom stereocenters. The fourth-order valence-corrected chi connectivity index (χ4v) is 3.25. The van der Waals surface area contributed by atoms with E-state index >= 15 is 0 Å². The van der Waals surface area contributed by atoms with Crippen LogP contribution < -0.4 is 10.5 Å².